The van der Waals surface area contributed by atoms with E-state index >= 15 is 0 Å². The van der Waals surface area contributed by atoms with Gasteiger partial charge >= 0.3 is 0 Å². The van der Waals surface area contributed by atoms with Crippen LogP contribution in [0.4, 0.5) is 5.95 Å². The van der Waals surface area contributed by atoms with Crippen molar-refractivity contribution in [2.75, 3.05) is 12.3 Å². The van der Waals surface area contributed by atoms with Gasteiger partial charge in [-0.2, -0.15) is 9.97 Å². The Balaban J connectivity index is 1.97. The highest BCUT2D eigenvalue weighted by molar-refractivity contribution is 6.33. The molecule has 0 saturated heterocycles. The van der Waals surface area contributed by atoms with Gasteiger partial charge in [0, 0.05) is 12.1 Å². The van der Waals surface area contributed by atoms with E-state index in [2.05, 4.69) is 15.0 Å². The van der Waals surface area contributed by atoms with Crippen molar-refractivity contribution >= 4 is 34.9 Å². The molecule has 0 bridgehead atoms. The number of nitrogen functional groups attached to an aromatic ring is 1. The largest absolute Gasteiger partial charge is 0.394 e. The summed E-state index contributed by atoms with van der Waals surface area (Å²) in [5.41, 5.74) is 7.58. The van der Waals surface area contributed by atoms with Gasteiger partial charge in [-0.25, -0.2) is 4.98 Å². The van der Waals surface area contributed by atoms with Crippen LogP contribution in [0.15, 0.2) is 11.9 Å². The average Bonchev–Trinajstić information content (AvgIpc) is 3.02. The fraction of sp³-hybridized carbons (Fsp3) is 0.364. The third kappa shape index (κ3) is 2.16. The monoisotopic (exact) mass is 281 g/mol. The van der Waals surface area contributed by atoms with Crippen molar-refractivity contribution in [3.8, 4) is 0 Å². The number of nitrogens with zero attached hydrogens (tertiary/aromatic N) is 4. The van der Waals surface area contributed by atoms with Crippen LogP contribution in [0.5, 0.6) is 0 Å². The molecule has 7 nitrogen and oxygen atoms in total. The van der Waals surface area contributed by atoms with E-state index in [1.54, 1.807) is 10.9 Å². The molecule has 1 fully saturated rings. The minimum absolute atomic E-state index is 0.00268. The third-order valence-corrected chi connectivity index (χ3v) is 3.39. The number of hydrogen-bond donors (Lipinski definition) is 3. The molecule has 0 radical (unpaired) electrons. The Morgan fingerprint density at radius 1 is 1.58 bits per heavy atom. The van der Waals surface area contributed by atoms with Gasteiger partial charge in [0.25, 0.3) is 0 Å². The lowest BCUT2D eigenvalue weighted by Crippen LogP contribution is -2.14. The summed E-state index contributed by atoms with van der Waals surface area (Å²) in [6.45, 7) is -0.242. The first-order chi connectivity index (χ1) is 9.10. The summed E-state index contributed by atoms with van der Waals surface area (Å²) in [6.07, 6.45) is 3.42. The summed E-state index contributed by atoms with van der Waals surface area (Å²) in [5.74, 6) is 0.0810. The van der Waals surface area contributed by atoms with Crippen LogP contribution < -0.4 is 5.73 Å². The molecule has 0 aromatic carbocycles. The molecule has 100 valence electrons. The highest BCUT2D eigenvalue weighted by Gasteiger charge is 2.36. The number of aliphatic hydroxyl groups is 2. The molecule has 1 aliphatic carbocycles. The van der Waals surface area contributed by atoms with Gasteiger partial charge in [0.1, 0.15) is 11.8 Å². The first-order valence-electron chi connectivity index (χ1n) is 5.75. The minimum atomic E-state index is -0.718. The second-order valence-electron chi connectivity index (χ2n) is 4.46. The van der Waals surface area contributed by atoms with E-state index in [1.807, 2.05) is 6.20 Å². The summed E-state index contributed by atoms with van der Waals surface area (Å²) < 4.78 is 1.69. The van der Waals surface area contributed by atoms with Crippen molar-refractivity contribution < 1.29 is 10.2 Å². The maximum Gasteiger partial charge on any atom is 0.223 e. The minimum Gasteiger partial charge on any atom is -0.394 e. The Labute approximate surface area is 113 Å². The maximum absolute atomic E-state index is 9.52. The molecule has 8 heteroatoms. The summed E-state index contributed by atoms with van der Waals surface area (Å²) in [5, 5.41) is 18.6. The van der Waals surface area contributed by atoms with Crippen LogP contribution in [-0.2, 0) is 0 Å². The number of hydrogen-bond acceptors (Lipinski definition) is 6. The lowest BCUT2D eigenvalue weighted by atomic mass is 10.2. The van der Waals surface area contributed by atoms with Gasteiger partial charge in [0.05, 0.1) is 12.7 Å². The number of nitrogens with two attached hydrogens (primary N) is 1. The molecule has 0 unspecified atom stereocenters. The zero-order valence-electron chi connectivity index (χ0n) is 9.86. The summed E-state index contributed by atoms with van der Waals surface area (Å²) >= 11 is 5.93. The van der Waals surface area contributed by atoms with Crippen molar-refractivity contribution in [2.45, 2.75) is 12.5 Å². The Hall–Kier alpha value is -1.70. The van der Waals surface area contributed by atoms with E-state index in [0.717, 1.165) is 12.0 Å². The van der Waals surface area contributed by atoms with E-state index in [9.17, 15) is 5.11 Å². The Kier molecular flexibility index (Phi) is 2.89. The van der Waals surface area contributed by atoms with Gasteiger partial charge in [-0.05, 0) is 12.0 Å². The second-order valence-corrected chi connectivity index (χ2v) is 4.82. The number of anilines is 1. The Bertz CT molecular complexity index is 668. The quantitative estimate of drug-likeness (QED) is 0.697. The van der Waals surface area contributed by atoms with Gasteiger partial charge in [0.2, 0.25) is 5.95 Å². The van der Waals surface area contributed by atoms with E-state index in [4.69, 9.17) is 22.4 Å². The average molecular weight is 282 g/mol. The zero-order chi connectivity index (χ0) is 13.6. The molecule has 0 spiro atoms. The number of imidazole rings is 1. The first-order valence-corrected chi connectivity index (χ1v) is 6.13. The molecule has 3 rings (SSSR count). The smallest absolute Gasteiger partial charge is 0.223 e. The molecule has 1 saturated carbocycles. The topological polar surface area (TPSA) is 110 Å². The maximum atomic E-state index is 9.52. The fourth-order valence-corrected chi connectivity index (χ4v) is 2.24. The lowest BCUT2D eigenvalue weighted by molar-refractivity contribution is 0.0815. The normalized spacial score (nSPS) is 22.1. The number of aromatic nitrogens is 4. The van der Waals surface area contributed by atoms with E-state index in [1.165, 1.54) is 0 Å². The van der Waals surface area contributed by atoms with E-state index < -0.39 is 6.10 Å². The van der Waals surface area contributed by atoms with Crippen molar-refractivity contribution in [3.63, 3.8) is 0 Å². The van der Waals surface area contributed by atoms with Gasteiger partial charge < -0.3 is 15.9 Å². The highest BCUT2D eigenvalue weighted by atomic mass is 35.5. The summed E-state index contributed by atoms with van der Waals surface area (Å²) in [6, 6.07) is 0. The fourth-order valence-electron chi connectivity index (χ4n) is 2.02. The van der Waals surface area contributed by atoms with Gasteiger partial charge in [-0.15, -0.1) is 0 Å². The van der Waals surface area contributed by atoms with Gasteiger partial charge in [-0.1, -0.05) is 11.6 Å². The predicted octanol–water partition coefficient (Wildman–Crippen LogP) is 0.276. The van der Waals surface area contributed by atoms with Crippen LogP contribution in [0.25, 0.3) is 17.4 Å². The number of aliphatic hydroxyl groups excluding tert-OH is 2. The molecule has 2 heterocycles. The van der Waals surface area contributed by atoms with Crippen molar-refractivity contribution in [1.82, 2.24) is 19.5 Å². The Morgan fingerprint density at radius 2 is 2.37 bits per heavy atom. The number of rotatable bonds is 3. The van der Waals surface area contributed by atoms with Gasteiger partial charge in [-0.3, -0.25) is 4.57 Å². The van der Waals surface area contributed by atoms with Crippen molar-refractivity contribution in [1.29, 1.82) is 0 Å². The van der Waals surface area contributed by atoms with E-state index in [-0.39, 0.29) is 23.6 Å². The molecular weight excluding hydrogens is 270 g/mol. The molecule has 2 aromatic heterocycles. The Morgan fingerprint density at radius 3 is 3.11 bits per heavy atom. The molecule has 0 amide bonds. The van der Waals surface area contributed by atoms with Gasteiger partial charge in [0.15, 0.2) is 10.8 Å². The van der Waals surface area contributed by atoms with Crippen LogP contribution in [0.2, 0.25) is 5.15 Å². The van der Waals surface area contributed by atoms with Crippen LogP contribution in [-0.4, -0.2) is 42.4 Å². The standard InChI is InChI=1S/C11H12ClN5O2/c12-9-8-10(16-11(13)15-9)17(4-14-8)2-5-1-6(5)7(19)3-18/h2,4,6-7,18-19H,1,3H2,(H2,13,15,16)/b5-2-/t6-,7+/m1/s1. The predicted molar refractivity (Wildman–Crippen MR) is 70.2 cm³/mol. The molecule has 1 aliphatic rings. The SMILES string of the molecule is Nc1nc(Cl)c2ncn(/C=C3/C[C@H]3[C@@H](O)CO)c2n1. The molecule has 19 heavy (non-hydrogen) atoms. The van der Waals surface area contributed by atoms with Crippen LogP contribution in [0.1, 0.15) is 6.42 Å². The number of halogens is 1. The van der Waals surface area contributed by atoms with Crippen molar-refractivity contribution in [2.24, 2.45) is 5.92 Å². The molecule has 2 aromatic rings. The van der Waals surface area contributed by atoms with Crippen molar-refractivity contribution in [3.05, 3.63) is 17.1 Å². The zero-order valence-corrected chi connectivity index (χ0v) is 10.6. The van der Waals surface area contributed by atoms with Crippen LogP contribution in [0.3, 0.4) is 0 Å². The first kappa shape index (κ1) is 12.3. The summed E-state index contributed by atoms with van der Waals surface area (Å²) in [7, 11) is 0. The molecule has 4 N–H and O–H groups in total. The number of fused-ring (bicyclic) bond motifs is 1. The van der Waals surface area contributed by atoms with E-state index in [0.29, 0.717) is 11.2 Å². The molecular formula is C11H12ClN5O2. The molecule has 0 aliphatic heterocycles. The van der Waals surface area contributed by atoms with Crippen LogP contribution >= 0.6 is 11.6 Å². The summed E-state index contributed by atoms with van der Waals surface area (Å²) in [4.78, 5) is 12.0. The van der Waals surface area contributed by atoms with Crippen LogP contribution in [0, 0.1) is 5.92 Å². The lowest BCUT2D eigenvalue weighted by Gasteiger charge is -2.02. The molecule has 2 atom stereocenters. The second kappa shape index (κ2) is 4.44. The highest BCUT2D eigenvalue weighted by Crippen LogP contribution is 2.41. The third-order valence-electron chi connectivity index (χ3n) is 3.12.